The van der Waals surface area contributed by atoms with E-state index in [-0.39, 0.29) is 0 Å². The lowest BCUT2D eigenvalue weighted by molar-refractivity contribution is 1.18. The Labute approximate surface area is 333 Å². The molecule has 0 saturated carbocycles. The van der Waals surface area contributed by atoms with Gasteiger partial charge in [0.2, 0.25) is 0 Å². The fraction of sp³-hybridized carbons (Fsp3) is 0. The molecule has 0 amide bonds. The molecule has 0 atom stereocenters. The van der Waals surface area contributed by atoms with E-state index in [1.54, 1.807) is 11.3 Å². The largest absolute Gasteiger partial charge is 0.256 e. The van der Waals surface area contributed by atoms with Crippen LogP contribution in [-0.4, -0.2) is 19.9 Å². The summed E-state index contributed by atoms with van der Waals surface area (Å²) in [4.78, 5) is 20.1. The normalized spacial score (nSPS) is 11.5. The van der Waals surface area contributed by atoms with Crippen LogP contribution < -0.4 is 0 Å². The maximum Gasteiger partial charge on any atom is 0.160 e. The van der Waals surface area contributed by atoms with Gasteiger partial charge in [0.25, 0.3) is 0 Å². The van der Waals surface area contributed by atoms with E-state index in [9.17, 15) is 0 Å². The number of aromatic nitrogens is 4. The second kappa shape index (κ2) is 13.7. The minimum absolute atomic E-state index is 0.656. The summed E-state index contributed by atoms with van der Waals surface area (Å²) >= 11 is 1.80. The lowest BCUT2D eigenvalue weighted by Crippen LogP contribution is -1.97. The monoisotopic (exact) mass is 744 g/mol. The van der Waals surface area contributed by atoms with Crippen LogP contribution in [0.25, 0.3) is 109 Å². The van der Waals surface area contributed by atoms with E-state index in [1.807, 2.05) is 36.7 Å². The molecule has 4 heterocycles. The summed E-state index contributed by atoms with van der Waals surface area (Å²) in [5, 5.41) is 6.07. The molecule has 0 aliphatic carbocycles. The Kier molecular flexibility index (Phi) is 7.97. The molecule has 7 aromatic carbocycles. The van der Waals surface area contributed by atoms with Crippen LogP contribution in [0.2, 0.25) is 0 Å². The van der Waals surface area contributed by atoms with Crippen LogP contribution in [0.4, 0.5) is 0 Å². The summed E-state index contributed by atoms with van der Waals surface area (Å²) in [6, 6.07) is 64.2. The van der Waals surface area contributed by atoms with E-state index in [0.29, 0.717) is 5.82 Å². The molecule has 11 rings (SSSR count). The summed E-state index contributed by atoms with van der Waals surface area (Å²) in [5.41, 5.74) is 12.2. The summed E-state index contributed by atoms with van der Waals surface area (Å²) in [7, 11) is 0. The summed E-state index contributed by atoms with van der Waals surface area (Å²) in [5.74, 6) is 0.656. The van der Waals surface area contributed by atoms with Crippen molar-refractivity contribution in [2.45, 2.75) is 0 Å². The third-order valence-corrected chi connectivity index (χ3v) is 11.9. The molecule has 0 unspecified atom stereocenters. The minimum Gasteiger partial charge on any atom is -0.256 e. The molecule has 0 aliphatic heterocycles. The van der Waals surface area contributed by atoms with Crippen molar-refractivity contribution in [2.24, 2.45) is 0 Å². The van der Waals surface area contributed by atoms with Gasteiger partial charge in [0.15, 0.2) is 5.82 Å². The number of thiophene rings is 1. The van der Waals surface area contributed by atoms with Gasteiger partial charge >= 0.3 is 0 Å². The Balaban J connectivity index is 1.18. The molecule has 4 nitrogen and oxygen atoms in total. The standard InChI is InChI=1S/C52H32N4S/c1-2-13-33(14-3-1)47-32-48(56-52(55-47)36-17-12-16-35(27-36)46-22-10-11-25-53-46)39-29-37(41-24-26-54-50-44-21-8-9-23-49(44)57-51(41)50)28-38(30-39)45-31-34-15-4-5-18-40(34)42-19-6-7-20-43(42)45/h1-32H. The number of benzene rings is 7. The fourth-order valence-electron chi connectivity index (χ4n) is 8.04. The first-order valence-corrected chi connectivity index (χ1v) is 19.8. The zero-order chi connectivity index (χ0) is 37.7. The highest BCUT2D eigenvalue weighted by Gasteiger charge is 2.18. The summed E-state index contributed by atoms with van der Waals surface area (Å²) in [6.45, 7) is 0. The maximum absolute atomic E-state index is 5.37. The van der Waals surface area contributed by atoms with Gasteiger partial charge < -0.3 is 0 Å². The second-order valence-corrected chi connectivity index (χ2v) is 15.3. The van der Waals surface area contributed by atoms with E-state index >= 15 is 0 Å². The van der Waals surface area contributed by atoms with Crippen LogP contribution in [0.3, 0.4) is 0 Å². The van der Waals surface area contributed by atoms with Crippen molar-refractivity contribution >= 4 is 53.2 Å². The van der Waals surface area contributed by atoms with Gasteiger partial charge in [0.1, 0.15) is 0 Å². The van der Waals surface area contributed by atoms with Gasteiger partial charge in [0, 0.05) is 50.3 Å². The number of nitrogens with zero attached hydrogens (tertiary/aromatic N) is 4. The van der Waals surface area contributed by atoms with Gasteiger partial charge in [-0.25, -0.2) is 9.97 Å². The predicted octanol–water partition coefficient (Wildman–Crippen LogP) is 13.9. The Morgan fingerprint density at radius 2 is 1.00 bits per heavy atom. The number of pyridine rings is 2. The SMILES string of the molecule is c1ccc(-c2cc(-c3cc(-c4cc5ccccc5c5ccccc45)cc(-c4ccnc5c4sc4ccccc45)c3)nc(-c3cccc(-c4ccccn4)c3)n2)cc1. The second-order valence-electron chi connectivity index (χ2n) is 14.2. The maximum atomic E-state index is 5.37. The third kappa shape index (κ3) is 5.93. The molecule has 266 valence electrons. The smallest absolute Gasteiger partial charge is 0.160 e. The van der Waals surface area contributed by atoms with Crippen LogP contribution >= 0.6 is 11.3 Å². The van der Waals surface area contributed by atoms with E-state index in [1.165, 1.54) is 41.9 Å². The molecule has 57 heavy (non-hydrogen) atoms. The summed E-state index contributed by atoms with van der Waals surface area (Å²) < 4.78 is 2.40. The highest BCUT2D eigenvalue weighted by Crippen LogP contribution is 2.43. The number of hydrogen-bond donors (Lipinski definition) is 0. The van der Waals surface area contributed by atoms with Crippen molar-refractivity contribution in [1.82, 2.24) is 19.9 Å². The van der Waals surface area contributed by atoms with Crippen LogP contribution in [-0.2, 0) is 0 Å². The van der Waals surface area contributed by atoms with Crippen LogP contribution in [0, 0.1) is 0 Å². The van der Waals surface area contributed by atoms with Crippen molar-refractivity contribution in [1.29, 1.82) is 0 Å². The van der Waals surface area contributed by atoms with Crippen LogP contribution in [0.1, 0.15) is 0 Å². The molecule has 4 aromatic heterocycles. The molecular formula is C52H32N4S. The first-order chi connectivity index (χ1) is 28.2. The average molecular weight is 745 g/mol. The Morgan fingerprint density at radius 3 is 1.84 bits per heavy atom. The fourth-order valence-corrected chi connectivity index (χ4v) is 9.24. The Bertz CT molecular complexity index is 3300. The lowest BCUT2D eigenvalue weighted by atomic mass is 9.90. The molecular weight excluding hydrogens is 713 g/mol. The molecule has 0 bridgehead atoms. The first-order valence-electron chi connectivity index (χ1n) is 19.0. The van der Waals surface area contributed by atoms with Gasteiger partial charge in [-0.15, -0.1) is 11.3 Å². The van der Waals surface area contributed by atoms with Crippen molar-refractivity contribution in [2.75, 3.05) is 0 Å². The summed E-state index contributed by atoms with van der Waals surface area (Å²) in [6.07, 6.45) is 3.77. The highest BCUT2D eigenvalue weighted by atomic mass is 32.1. The molecule has 0 aliphatic rings. The van der Waals surface area contributed by atoms with Crippen molar-refractivity contribution in [3.63, 3.8) is 0 Å². The van der Waals surface area contributed by atoms with E-state index < -0.39 is 0 Å². The first kappa shape index (κ1) is 33.0. The van der Waals surface area contributed by atoms with Gasteiger partial charge in [-0.3, -0.25) is 9.97 Å². The number of rotatable bonds is 6. The topological polar surface area (TPSA) is 51.6 Å². The van der Waals surface area contributed by atoms with E-state index in [0.717, 1.165) is 61.5 Å². The molecule has 0 fully saturated rings. The van der Waals surface area contributed by atoms with E-state index in [2.05, 4.69) is 163 Å². The number of hydrogen-bond acceptors (Lipinski definition) is 5. The highest BCUT2D eigenvalue weighted by molar-refractivity contribution is 7.26. The van der Waals surface area contributed by atoms with Gasteiger partial charge in [0.05, 0.1) is 27.3 Å². The van der Waals surface area contributed by atoms with Gasteiger partial charge in [-0.2, -0.15) is 0 Å². The average Bonchev–Trinajstić information content (AvgIpc) is 3.68. The molecule has 0 N–H and O–H groups in total. The van der Waals surface area contributed by atoms with Crippen molar-refractivity contribution in [3.8, 4) is 67.4 Å². The molecule has 5 heteroatoms. The number of fused-ring (bicyclic) bond motifs is 6. The van der Waals surface area contributed by atoms with Gasteiger partial charge in [-0.1, -0.05) is 121 Å². The molecule has 11 aromatic rings. The molecule has 0 radical (unpaired) electrons. The van der Waals surface area contributed by atoms with Crippen LogP contribution in [0.5, 0.6) is 0 Å². The van der Waals surface area contributed by atoms with Crippen molar-refractivity contribution < 1.29 is 0 Å². The predicted molar refractivity (Wildman–Crippen MR) is 238 cm³/mol. The van der Waals surface area contributed by atoms with Crippen LogP contribution in [0.15, 0.2) is 194 Å². The lowest BCUT2D eigenvalue weighted by Gasteiger charge is -2.16. The van der Waals surface area contributed by atoms with E-state index in [4.69, 9.17) is 15.0 Å². The van der Waals surface area contributed by atoms with Crippen molar-refractivity contribution in [3.05, 3.63) is 194 Å². The Hall–Kier alpha value is -7.34. The van der Waals surface area contributed by atoms with Gasteiger partial charge in [-0.05, 0) is 98.9 Å². The third-order valence-electron chi connectivity index (χ3n) is 10.8. The molecule has 0 saturated heterocycles. The zero-order valence-electron chi connectivity index (χ0n) is 30.7. The quantitative estimate of drug-likeness (QED) is 0.159. The Morgan fingerprint density at radius 1 is 0.351 bits per heavy atom. The zero-order valence-corrected chi connectivity index (χ0v) is 31.5. The molecule has 0 spiro atoms. The minimum atomic E-state index is 0.656.